The average molecular weight is 223 g/mol. The van der Waals surface area contributed by atoms with Gasteiger partial charge < -0.3 is 9.64 Å². The Labute approximate surface area is 91.5 Å². The highest BCUT2D eigenvalue weighted by Crippen LogP contribution is 2.30. The molecule has 0 amide bonds. The standard InChI is InChI=1S/C10H13N3O3/c1-12-9(14)3-8(11-10(12)15)13-4-7-2-6(13)5-16-7/h3,6-7H,2,4-5H2,1H3,(H,11,15)/t6-,7+/m0/s1. The van der Waals surface area contributed by atoms with Crippen LogP contribution in [0.3, 0.4) is 0 Å². The molecule has 6 nitrogen and oxygen atoms in total. The molecule has 0 unspecified atom stereocenters. The normalized spacial score (nSPS) is 27.7. The highest BCUT2D eigenvalue weighted by Gasteiger charge is 2.39. The van der Waals surface area contributed by atoms with E-state index in [9.17, 15) is 9.59 Å². The lowest BCUT2D eigenvalue weighted by atomic mass is 10.2. The highest BCUT2D eigenvalue weighted by molar-refractivity contribution is 5.41. The molecule has 1 aromatic rings. The fourth-order valence-electron chi connectivity index (χ4n) is 2.39. The molecule has 2 bridgehead atoms. The largest absolute Gasteiger partial charge is 0.374 e. The van der Waals surface area contributed by atoms with E-state index in [1.54, 1.807) is 0 Å². The van der Waals surface area contributed by atoms with E-state index in [4.69, 9.17) is 4.74 Å². The summed E-state index contributed by atoms with van der Waals surface area (Å²) in [5.41, 5.74) is -0.645. The van der Waals surface area contributed by atoms with Crippen molar-refractivity contribution in [2.75, 3.05) is 18.1 Å². The summed E-state index contributed by atoms with van der Waals surface area (Å²) in [7, 11) is 1.46. The molecule has 0 spiro atoms. The molecule has 2 atom stereocenters. The van der Waals surface area contributed by atoms with Crippen LogP contribution < -0.4 is 16.1 Å². The molecular formula is C10H13N3O3. The molecule has 2 fully saturated rings. The van der Waals surface area contributed by atoms with E-state index in [0.29, 0.717) is 18.5 Å². The van der Waals surface area contributed by atoms with Crippen LogP contribution in [0.15, 0.2) is 15.7 Å². The average Bonchev–Trinajstić information content (AvgIpc) is 2.86. The minimum atomic E-state index is -0.369. The van der Waals surface area contributed by atoms with E-state index in [2.05, 4.69) is 9.88 Å². The lowest BCUT2D eigenvalue weighted by Gasteiger charge is -2.28. The Hall–Kier alpha value is -1.56. The maximum atomic E-state index is 11.5. The number of morpholine rings is 1. The van der Waals surface area contributed by atoms with E-state index < -0.39 is 0 Å². The number of hydrogen-bond acceptors (Lipinski definition) is 4. The van der Waals surface area contributed by atoms with Gasteiger partial charge in [-0.1, -0.05) is 0 Å². The number of nitrogens with one attached hydrogen (secondary N) is 1. The predicted molar refractivity (Wildman–Crippen MR) is 57.8 cm³/mol. The topological polar surface area (TPSA) is 67.3 Å². The Morgan fingerprint density at radius 3 is 2.88 bits per heavy atom. The zero-order chi connectivity index (χ0) is 11.3. The van der Waals surface area contributed by atoms with Gasteiger partial charge in [0.1, 0.15) is 5.82 Å². The third kappa shape index (κ3) is 1.30. The van der Waals surface area contributed by atoms with Crippen molar-refractivity contribution in [1.82, 2.24) is 9.55 Å². The maximum absolute atomic E-state index is 11.5. The molecule has 2 aliphatic rings. The summed E-state index contributed by atoms with van der Waals surface area (Å²) in [6.07, 6.45) is 1.23. The van der Waals surface area contributed by atoms with Gasteiger partial charge in [-0.25, -0.2) is 4.79 Å². The first-order valence-electron chi connectivity index (χ1n) is 5.34. The number of H-pyrrole nitrogens is 1. The van der Waals surface area contributed by atoms with Crippen LogP contribution in [0.1, 0.15) is 6.42 Å². The summed E-state index contributed by atoms with van der Waals surface area (Å²) < 4.78 is 6.53. The quantitative estimate of drug-likeness (QED) is 0.666. The van der Waals surface area contributed by atoms with E-state index in [-0.39, 0.29) is 17.4 Å². The first-order valence-corrected chi connectivity index (χ1v) is 5.34. The molecule has 2 saturated heterocycles. The minimum absolute atomic E-state index is 0.248. The first kappa shape index (κ1) is 9.65. The number of nitrogens with zero attached hydrogens (tertiary/aromatic N) is 2. The Bertz CT molecular complexity index is 502. The molecule has 0 radical (unpaired) electrons. The number of rotatable bonds is 1. The maximum Gasteiger partial charge on any atom is 0.329 e. The molecule has 0 aromatic carbocycles. The van der Waals surface area contributed by atoms with E-state index >= 15 is 0 Å². The molecule has 3 rings (SSSR count). The van der Waals surface area contributed by atoms with Crippen molar-refractivity contribution in [3.05, 3.63) is 26.9 Å². The predicted octanol–water partition coefficient (Wildman–Crippen LogP) is -0.949. The van der Waals surface area contributed by atoms with Crippen molar-refractivity contribution < 1.29 is 4.74 Å². The Balaban J connectivity index is 2.02. The second kappa shape index (κ2) is 3.21. The van der Waals surface area contributed by atoms with Gasteiger partial charge in [-0.15, -0.1) is 0 Å². The Morgan fingerprint density at radius 2 is 2.31 bits per heavy atom. The van der Waals surface area contributed by atoms with Gasteiger partial charge in [-0.3, -0.25) is 14.3 Å². The molecule has 3 heterocycles. The first-order chi connectivity index (χ1) is 7.65. The number of aromatic amines is 1. The van der Waals surface area contributed by atoms with Crippen LogP contribution in [0.25, 0.3) is 0 Å². The van der Waals surface area contributed by atoms with Crippen LogP contribution in [-0.4, -0.2) is 34.8 Å². The summed E-state index contributed by atoms with van der Waals surface area (Å²) in [4.78, 5) is 27.8. The van der Waals surface area contributed by atoms with Crippen molar-refractivity contribution >= 4 is 5.82 Å². The minimum Gasteiger partial charge on any atom is -0.374 e. The summed E-state index contributed by atoms with van der Waals surface area (Å²) in [6.45, 7) is 1.44. The van der Waals surface area contributed by atoms with E-state index in [1.165, 1.54) is 13.1 Å². The van der Waals surface area contributed by atoms with Crippen molar-refractivity contribution in [2.45, 2.75) is 18.6 Å². The van der Waals surface area contributed by atoms with Crippen molar-refractivity contribution in [3.63, 3.8) is 0 Å². The third-order valence-corrected chi connectivity index (χ3v) is 3.34. The van der Waals surface area contributed by atoms with Gasteiger partial charge in [0.25, 0.3) is 5.56 Å². The number of aromatic nitrogens is 2. The summed E-state index contributed by atoms with van der Waals surface area (Å²) in [6, 6.07) is 1.77. The molecule has 0 saturated carbocycles. The molecule has 1 N–H and O–H groups in total. The fraction of sp³-hybridized carbons (Fsp3) is 0.600. The molecule has 1 aromatic heterocycles. The smallest absolute Gasteiger partial charge is 0.329 e. The van der Waals surface area contributed by atoms with E-state index in [0.717, 1.165) is 17.5 Å². The molecule has 6 heteroatoms. The van der Waals surface area contributed by atoms with Gasteiger partial charge in [0.2, 0.25) is 0 Å². The van der Waals surface area contributed by atoms with Crippen LogP contribution >= 0.6 is 0 Å². The lowest BCUT2D eigenvalue weighted by molar-refractivity contribution is 0.0988. The summed E-state index contributed by atoms with van der Waals surface area (Å²) in [5, 5.41) is 0. The SMILES string of the molecule is Cn1c(=O)cc(N2C[C@H]3C[C@H]2CO3)[nH]c1=O. The number of ether oxygens (including phenoxy) is 1. The summed E-state index contributed by atoms with van der Waals surface area (Å²) >= 11 is 0. The van der Waals surface area contributed by atoms with Gasteiger partial charge >= 0.3 is 5.69 Å². The van der Waals surface area contributed by atoms with Crippen LogP contribution in [0.4, 0.5) is 5.82 Å². The van der Waals surface area contributed by atoms with Gasteiger partial charge in [0.05, 0.1) is 18.8 Å². The summed E-state index contributed by atoms with van der Waals surface area (Å²) in [5.74, 6) is 0.615. The van der Waals surface area contributed by atoms with Gasteiger partial charge in [0, 0.05) is 19.7 Å². The number of hydrogen-bond donors (Lipinski definition) is 1. The molecular weight excluding hydrogens is 210 g/mol. The molecule has 86 valence electrons. The lowest BCUT2D eigenvalue weighted by Crippen LogP contribution is -2.41. The van der Waals surface area contributed by atoms with Crippen molar-refractivity contribution in [3.8, 4) is 0 Å². The number of fused-ring (bicyclic) bond motifs is 2. The zero-order valence-corrected chi connectivity index (χ0v) is 8.97. The molecule has 0 aliphatic carbocycles. The second-order valence-electron chi connectivity index (χ2n) is 4.35. The molecule has 2 aliphatic heterocycles. The number of anilines is 1. The third-order valence-electron chi connectivity index (χ3n) is 3.34. The fourth-order valence-corrected chi connectivity index (χ4v) is 2.39. The van der Waals surface area contributed by atoms with Crippen molar-refractivity contribution in [1.29, 1.82) is 0 Å². The van der Waals surface area contributed by atoms with Crippen molar-refractivity contribution in [2.24, 2.45) is 7.05 Å². The second-order valence-corrected chi connectivity index (χ2v) is 4.35. The zero-order valence-electron chi connectivity index (χ0n) is 8.97. The highest BCUT2D eigenvalue weighted by atomic mass is 16.5. The monoisotopic (exact) mass is 223 g/mol. The van der Waals surface area contributed by atoms with Gasteiger partial charge in [0.15, 0.2) is 0 Å². The Kier molecular flexibility index (Phi) is 1.94. The van der Waals surface area contributed by atoms with E-state index in [1.807, 2.05) is 0 Å². The van der Waals surface area contributed by atoms with Crippen LogP contribution in [0, 0.1) is 0 Å². The Morgan fingerprint density at radius 1 is 1.50 bits per heavy atom. The van der Waals surface area contributed by atoms with Crippen LogP contribution in [0.5, 0.6) is 0 Å². The van der Waals surface area contributed by atoms with Gasteiger partial charge in [-0.2, -0.15) is 0 Å². The van der Waals surface area contributed by atoms with Crippen LogP contribution in [0.2, 0.25) is 0 Å². The van der Waals surface area contributed by atoms with Crippen LogP contribution in [-0.2, 0) is 11.8 Å². The van der Waals surface area contributed by atoms with Gasteiger partial charge in [-0.05, 0) is 6.42 Å². The molecule has 16 heavy (non-hydrogen) atoms.